The first-order valence-electron chi connectivity index (χ1n) is 10.9. The minimum atomic E-state index is -0.605. The molecule has 0 bridgehead atoms. The molecule has 2 saturated heterocycles. The van der Waals surface area contributed by atoms with Gasteiger partial charge in [-0.3, -0.25) is 9.69 Å². The zero-order valence-electron chi connectivity index (χ0n) is 18.6. The Morgan fingerprint density at radius 1 is 1.27 bits per heavy atom. The van der Waals surface area contributed by atoms with Crippen LogP contribution in [0.1, 0.15) is 22.5 Å². The lowest BCUT2D eigenvalue weighted by Crippen LogP contribution is -2.51. The number of pyridine rings is 1. The standard InChI is InChI=1S/C24H26N6O3/c1-28-9-8-16(24(28)32)7-6-15-4-3-5-17(10-15)30-23-20(21(27-30)22(25)31)11-18(12-26-23)29-13-19(14-29)33-2/h3-5,10-12,16,19,24,32H,8-9,13-14H2,1-2H3,(H2,25,31)/t16-,24?/m1/s1. The van der Waals surface area contributed by atoms with E-state index in [9.17, 15) is 9.90 Å². The molecule has 2 aliphatic heterocycles. The summed E-state index contributed by atoms with van der Waals surface area (Å²) in [5, 5.41) is 15.3. The number of rotatable bonds is 4. The number of hydrogen-bond acceptors (Lipinski definition) is 7. The van der Waals surface area contributed by atoms with Crippen LogP contribution in [0.2, 0.25) is 0 Å². The molecule has 9 heteroatoms. The topological polar surface area (TPSA) is 110 Å². The second-order valence-electron chi connectivity index (χ2n) is 8.56. The van der Waals surface area contributed by atoms with Crippen LogP contribution in [0.25, 0.3) is 16.7 Å². The highest BCUT2D eigenvalue weighted by atomic mass is 16.5. The fourth-order valence-electron chi connectivity index (χ4n) is 4.29. The van der Waals surface area contributed by atoms with E-state index in [0.29, 0.717) is 11.0 Å². The van der Waals surface area contributed by atoms with Gasteiger partial charge in [-0.1, -0.05) is 17.9 Å². The number of nitrogens with two attached hydrogens (primary N) is 1. The smallest absolute Gasteiger partial charge is 0.269 e. The summed E-state index contributed by atoms with van der Waals surface area (Å²) in [5.41, 5.74) is 8.78. The van der Waals surface area contributed by atoms with Crippen LogP contribution in [-0.2, 0) is 4.74 Å². The number of nitrogens with zero attached hydrogens (tertiary/aromatic N) is 5. The van der Waals surface area contributed by atoms with E-state index in [2.05, 4.69) is 26.8 Å². The minimum absolute atomic E-state index is 0.0787. The predicted octanol–water partition coefficient (Wildman–Crippen LogP) is 0.976. The van der Waals surface area contributed by atoms with Gasteiger partial charge in [-0.25, -0.2) is 9.67 Å². The maximum atomic E-state index is 12.1. The highest BCUT2D eigenvalue weighted by Crippen LogP contribution is 2.28. The maximum Gasteiger partial charge on any atom is 0.269 e. The van der Waals surface area contributed by atoms with Crippen molar-refractivity contribution in [3.63, 3.8) is 0 Å². The number of benzene rings is 1. The number of methoxy groups -OCH3 is 1. The zero-order chi connectivity index (χ0) is 23.1. The van der Waals surface area contributed by atoms with Gasteiger partial charge in [-0.15, -0.1) is 0 Å². The number of amides is 1. The highest BCUT2D eigenvalue weighted by molar-refractivity contribution is 6.04. The number of ether oxygens (including phenoxy) is 1. The van der Waals surface area contributed by atoms with Gasteiger partial charge in [0.15, 0.2) is 11.3 Å². The fraction of sp³-hybridized carbons (Fsp3) is 0.375. The van der Waals surface area contributed by atoms with Crippen molar-refractivity contribution < 1.29 is 14.6 Å². The Bertz CT molecular complexity index is 1270. The lowest BCUT2D eigenvalue weighted by molar-refractivity contribution is 0.0391. The molecule has 9 nitrogen and oxygen atoms in total. The SMILES string of the molecule is COC1CN(c2cnc3c(c2)c(C(N)=O)nn3-c2cccc(C#C[C@@H]3CCN(C)C3O)c2)C1. The first kappa shape index (κ1) is 21.4. The van der Waals surface area contributed by atoms with Crippen molar-refractivity contribution in [1.29, 1.82) is 0 Å². The maximum absolute atomic E-state index is 12.1. The van der Waals surface area contributed by atoms with Crippen LogP contribution in [0.15, 0.2) is 36.5 Å². The number of carbonyl (C=O) groups is 1. The Morgan fingerprint density at radius 2 is 2.09 bits per heavy atom. The van der Waals surface area contributed by atoms with Crippen molar-refractivity contribution in [3.05, 3.63) is 47.8 Å². The molecule has 3 N–H and O–H groups in total. The summed E-state index contributed by atoms with van der Waals surface area (Å²) in [6.07, 6.45) is 2.27. The van der Waals surface area contributed by atoms with Crippen molar-refractivity contribution in [2.24, 2.45) is 11.7 Å². The van der Waals surface area contributed by atoms with E-state index in [-0.39, 0.29) is 17.7 Å². The fourth-order valence-corrected chi connectivity index (χ4v) is 4.29. The van der Waals surface area contributed by atoms with Crippen LogP contribution in [0.4, 0.5) is 5.69 Å². The molecule has 170 valence electrons. The van der Waals surface area contributed by atoms with Crippen molar-refractivity contribution in [2.75, 3.05) is 38.7 Å². The summed E-state index contributed by atoms with van der Waals surface area (Å²) in [6, 6.07) is 9.47. The lowest BCUT2D eigenvalue weighted by atomic mass is 10.1. The van der Waals surface area contributed by atoms with Gasteiger partial charge in [0.1, 0.15) is 6.23 Å². The van der Waals surface area contributed by atoms with Gasteiger partial charge in [-0.2, -0.15) is 5.10 Å². The summed E-state index contributed by atoms with van der Waals surface area (Å²) < 4.78 is 6.97. The monoisotopic (exact) mass is 446 g/mol. The number of fused-ring (bicyclic) bond motifs is 1. The molecule has 2 atom stereocenters. The Morgan fingerprint density at radius 3 is 2.79 bits per heavy atom. The number of anilines is 1. The first-order valence-corrected chi connectivity index (χ1v) is 10.9. The van der Waals surface area contributed by atoms with E-state index >= 15 is 0 Å². The van der Waals surface area contributed by atoms with E-state index in [4.69, 9.17) is 10.5 Å². The van der Waals surface area contributed by atoms with Gasteiger partial charge in [0.05, 0.1) is 35.0 Å². The molecule has 0 spiro atoms. The number of aliphatic hydroxyl groups excluding tert-OH is 1. The molecular weight excluding hydrogens is 420 g/mol. The molecule has 5 rings (SSSR count). The Kier molecular flexibility index (Phi) is 5.50. The quantitative estimate of drug-likeness (QED) is 0.575. The Balaban J connectivity index is 1.49. The molecule has 4 heterocycles. The first-order chi connectivity index (χ1) is 15.9. The molecule has 2 aromatic heterocycles. The van der Waals surface area contributed by atoms with Crippen LogP contribution in [0.5, 0.6) is 0 Å². The van der Waals surface area contributed by atoms with E-state index in [1.807, 2.05) is 42.3 Å². The zero-order valence-corrected chi connectivity index (χ0v) is 18.6. The third kappa shape index (κ3) is 3.93. The van der Waals surface area contributed by atoms with Crippen molar-refractivity contribution >= 4 is 22.6 Å². The molecule has 1 aromatic carbocycles. The normalized spacial score (nSPS) is 21.1. The largest absolute Gasteiger partial charge is 0.378 e. The summed E-state index contributed by atoms with van der Waals surface area (Å²) in [6.45, 7) is 2.37. The highest BCUT2D eigenvalue weighted by Gasteiger charge is 2.29. The predicted molar refractivity (Wildman–Crippen MR) is 124 cm³/mol. The third-order valence-corrected chi connectivity index (χ3v) is 6.38. The number of likely N-dealkylation sites (tertiary alicyclic amines) is 1. The average Bonchev–Trinajstić information content (AvgIpc) is 3.32. The lowest BCUT2D eigenvalue weighted by Gasteiger charge is -2.39. The van der Waals surface area contributed by atoms with Gasteiger partial charge >= 0.3 is 0 Å². The summed E-state index contributed by atoms with van der Waals surface area (Å²) in [7, 11) is 3.59. The van der Waals surface area contributed by atoms with Gasteiger partial charge in [0.2, 0.25) is 0 Å². The summed E-state index contributed by atoms with van der Waals surface area (Å²) in [5.74, 6) is 5.66. The van der Waals surface area contributed by atoms with Crippen molar-refractivity contribution in [2.45, 2.75) is 18.8 Å². The second kappa shape index (κ2) is 8.48. The molecule has 1 unspecified atom stereocenters. The number of aromatic nitrogens is 3. The molecular formula is C24H26N6O3. The number of primary amides is 1. The van der Waals surface area contributed by atoms with Gasteiger partial charge in [0, 0.05) is 32.3 Å². The molecule has 2 fully saturated rings. The van der Waals surface area contributed by atoms with Gasteiger partial charge in [0.25, 0.3) is 5.91 Å². The summed E-state index contributed by atoms with van der Waals surface area (Å²) >= 11 is 0. The molecule has 0 radical (unpaired) electrons. The number of aliphatic hydroxyl groups is 1. The van der Waals surface area contributed by atoms with Crippen LogP contribution in [-0.4, -0.2) is 76.8 Å². The van der Waals surface area contributed by atoms with Gasteiger partial charge < -0.3 is 20.5 Å². The van der Waals surface area contributed by atoms with Crippen molar-refractivity contribution in [1.82, 2.24) is 19.7 Å². The van der Waals surface area contributed by atoms with Crippen LogP contribution >= 0.6 is 0 Å². The average molecular weight is 447 g/mol. The van der Waals surface area contributed by atoms with Crippen molar-refractivity contribution in [3.8, 4) is 17.5 Å². The summed E-state index contributed by atoms with van der Waals surface area (Å²) in [4.78, 5) is 20.8. The minimum Gasteiger partial charge on any atom is -0.378 e. The number of hydrogen-bond donors (Lipinski definition) is 2. The third-order valence-electron chi connectivity index (χ3n) is 6.38. The van der Waals surface area contributed by atoms with E-state index in [1.54, 1.807) is 18.0 Å². The Labute approximate surface area is 191 Å². The molecule has 33 heavy (non-hydrogen) atoms. The van der Waals surface area contributed by atoms with E-state index in [1.165, 1.54) is 0 Å². The van der Waals surface area contributed by atoms with Crippen LogP contribution in [0.3, 0.4) is 0 Å². The molecule has 1 amide bonds. The second-order valence-corrected chi connectivity index (χ2v) is 8.56. The van der Waals surface area contributed by atoms with Crippen LogP contribution in [0, 0.1) is 17.8 Å². The Hall–Kier alpha value is -3.45. The molecule has 0 aliphatic carbocycles. The molecule has 2 aliphatic rings. The van der Waals surface area contributed by atoms with Gasteiger partial charge in [-0.05, 0) is 37.7 Å². The van der Waals surface area contributed by atoms with E-state index < -0.39 is 12.1 Å². The number of carbonyl (C=O) groups excluding carboxylic acids is 1. The van der Waals surface area contributed by atoms with Crippen LogP contribution < -0.4 is 10.6 Å². The molecule has 3 aromatic rings. The van der Waals surface area contributed by atoms with E-state index in [0.717, 1.165) is 43.0 Å². The molecule has 0 saturated carbocycles.